The standard InChI is InChI=1S/C33H26N2O6/c1-20-29(16-15-25-24-12-5-6-13-26(24)31(36)41-30(20)25)40-32(37)28(17-22-18-34-27-14-8-7-11-23(22)27)35-33(38)39-19-21-9-3-2-4-10-21/h2-16,18,28,34H,17,19H2,1H3,(H,35,38)/t28-/m0/s1. The van der Waals surface area contributed by atoms with Crippen LogP contribution < -0.4 is 15.7 Å². The van der Waals surface area contributed by atoms with Crippen LogP contribution in [-0.2, 0) is 22.6 Å². The van der Waals surface area contributed by atoms with Crippen LogP contribution in [0, 0.1) is 6.92 Å². The smallest absolute Gasteiger partial charge is 0.408 e. The average Bonchev–Trinajstić information content (AvgIpc) is 3.41. The predicted octanol–water partition coefficient (Wildman–Crippen LogP) is 6.18. The first-order valence-electron chi connectivity index (χ1n) is 13.2. The summed E-state index contributed by atoms with van der Waals surface area (Å²) in [6.07, 6.45) is 1.22. The zero-order chi connectivity index (χ0) is 28.3. The summed E-state index contributed by atoms with van der Waals surface area (Å²) in [5.41, 5.74) is 2.92. The number of aromatic amines is 1. The van der Waals surface area contributed by atoms with Gasteiger partial charge in [-0.1, -0.05) is 66.7 Å². The number of amides is 1. The Labute approximate surface area is 234 Å². The third-order valence-corrected chi connectivity index (χ3v) is 7.09. The van der Waals surface area contributed by atoms with Gasteiger partial charge in [-0.3, -0.25) is 0 Å². The van der Waals surface area contributed by atoms with Crippen molar-refractivity contribution in [3.63, 3.8) is 0 Å². The number of H-pyrrole nitrogens is 1. The number of fused-ring (bicyclic) bond motifs is 4. The molecule has 0 spiro atoms. The van der Waals surface area contributed by atoms with Crippen LogP contribution in [0.25, 0.3) is 32.6 Å². The Balaban J connectivity index is 1.28. The van der Waals surface area contributed by atoms with E-state index in [1.165, 1.54) is 0 Å². The molecule has 4 aromatic carbocycles. The van der Waals surface area contributed by atoms with Gasteiger partial charge in [-0.05, 0) is 47.7 Å². The molecule has 0 radical (unpaired) electrons. The van der Waals surface area contributed by atoms with E-state index in [4.69, 9.17) is 13.9 Å². The Hall–Kier alpha value is -5.37. The van der Waals surface area contributed by atoms with E-state index in [-0.39, 0.29) is 18.8 Å². The van der Waals surface area contributed by atoms with Gasteiger partial charge in [-0.25, -0.2) is 14.4 Å². The number of ether oxygens (including phenoxy) is 2. The number of esters is 1. The number of carbonyl (C=O) groups is 2. The van der Waals surface area contributed by atoms with Crippen molar-refractivity contribution in [2.75, 3.05) is 0 Å². The molecule has 0 aliphatic carbocycles. The molecule has 6 aromatic rings. The zero-order valence-electron chi connectivity index (χ0n) is 22.2. The van der Waals surface area contributed by atoms with Crippen LogP contribution in [-0.4, -0.2) is 23.1 Å². The molecule has 8 heteroatoms. The van der Waals surface area contributed by atoms with Gasteiger partial charge in [0.1, 0.15) is 24.0 Å². The first kappa shape index (κ1) is 25.9. The SMILES string of the molecule is Cc1c(OC(=O)[C@H](Cc2c[nH]c3ccccc23)NC(=O)OCc2ccccc2)ccc2c1oc(=O)c1ccccc12. The highest BCUT2D eigenvalue weighted by Gasteiger charge is 2.26. The summed E-state index contributed by atoms with van der Waals surface area (Å²) in [5, 5.41) is 5.56. The van der Waals surface area contributed by atoms with Crippen LogP contribution in [0.4, 0.5) is 4.79 Å². The highest BCUT2D eigenvalue weighted by molar-refractivity contribution is 6.05. The van der Waals surface area contributed by atoms with Gasteiger partial charge in [0.2, 0.25) is 0 Å². The molecule has 0 unspecified atom stereocenters. The molecule has 2 N–H and O–H groups in total. The first-order chi connectivity index (χ1) is 20.0. The van der Waals surface area contributed by atoms with Crippen LogP contribution in [0.3, 0.4) is 0 Å². The molecule has 0 aliphatic rings. The lowest BCUT2D eigenvalue weighted by Gasteiger charge is -2.18. The summed E-state index contributed by atoms with van der Waals surface area (Å²) in [6.45, 7) is 1.77. The summed E-state index contributed by atoms with van der Waals surface area (Å²) in [5.74, 6) is -0.457. The topological polar surface area (TPSA) is 111 Å². The summed E-state index contributed by atoms with van der Waals surface area (Å²) in [4.78, 5) is 42.1. The molecular weight excluding hydrogens is 520 g/mol. The van der Waals surface area contributed by atoms with E-state index in [9.17, 15) is 14.4 Å². The second-order valence-corrected chi connectivity index (χ2v) is 9.74. The largest absolute Gasteiger partial charge is 0.445 e. The van der Waals surface area contributed by atoms with E-state index in [1.807, 2.05) is 72.9 Å². The number of nitrogens with one attached hydrogen (secondary N) is 2. The first-order valence-corrected chi connectivity index (χ1v) is 13.2. The molecular formula is C33H26N2O6. The van der Waals surface area contributed by atoms with Gasteiger partial charge in [0.15, 0.2) is 0 Å². The summed E-state index contributed by atoms with van der Waals surface area (Å²) >= 11 is 0. The lowest BCUT2D eigenvalue weighted by molar-refractivity contribution is -0.136. The number of rotatable bonds is 7. The van der Waals surface area contributed by atoms with Gasteiger partial charge in [-0.15, -0.1) is 0 Å². The van der Waals surface area contributed by atoms with Crippen molar-refractivity contribution < 1.29 is 23.5 Å². The van der Waals surface area contributed by atoms with Crippen molar-refractivity contribution in [2.24, 2.45) is 0 Å². The Morgan fingerprint density at radius 2 is 1.56 bits per heavy atom. The second kappa shape index (κ2) is 11.0. The normalized spacial score (nSPS) is 11.9. The van der Waals surface area contributed by atoms with Crippen molar-refractivity contribution >= 4 is 44.7 Å². The Morgan fingerprint density at radius 3 is 2.37 bits per heavy atom. The molecule has 0 bridgehead atoms. The number of aryl methyl sites for hydroxylation is 1. The fourth-order valence-corrected chi connectivity index (χ4v) is 4.97. The average molecular weight is 547 g/mol. The van der Waals surface area contributed by atoms with E-state index in [1.54, 1.807) is 31.2 Å². The van der Waals surface area contributed by atoms with Crippen LogP contribution in [0.2, 0.25) is 0 Å². The molecule has 2 aromatic heterocycles. The maximum absolute atomic E-state index is 13.6. The molecule has 0 fully saturated rings. The molecule has 8 nitrogen and oxygen atoms in total. The lowest BCUT2D eigenvalue weighted by atomic mass is 10.0. The Bertz CT molecular complexity index is 1960. The minimum absolute atomic E-state index is 0.0539. The van der Waals surface area contributed by atoms with Crippen molar-refractivity contribution in [2.45, 2.75) is 26.0 Å². The number of aromatic nitrogens is 1. The lowest BCUT2D eigenvalue weighted by Crippen LogP contribution is -2.44. The Kier molecular flexibility index (Phi) is 6.95. The summed E-state index contributed by atoms with van der Waals surface area (Å²) in [7, 11) is 0. The molecule has 2 heterocycles. The molecule has 204 valence electrons. The number of benzene rings is 4. The predicted molar refractivity (Wildman–Crippen MR) is 156 cm³/mol. The molecule has 1 amide bonds. The third kappa shape index (κ3) is 5.27. The molecule has 0 saturated heterocycles. The molecule has 1 atom stereocenters. The quantitative estimate of drug-likeness (QED) is 0.107. The number of carbonyl (C=O) groups excluding carboxylic acids is 2. The molecule has 0 aliphatic heterocycles. The van der Waals surface area contributed by atoms with Gasteiger partial charge >= 0.3 is 17.7 Å². The van der Waals surface area contributed by atoms with Gasteiger partial charge in [0.05, 0.1) is 5.39 Å². The highest BCUT2D eigenvalue weighted by Crippen LogP contribution is 2.31. The van der Waals surface area contributed by atoms with Gasteiger partial charge in [0, 0.05) is 34.5 Å². The van der Waals surface area contributed by atoms with Crippen LogP contribution in [0.1, 0.15) is 16.7 Å². The number of alkyl carbamates (subject to hydrolysis) is 1. The van der Waals surface area contributed by atoms with Gasteiger partial charge in [-0.2, -0.15) is 0 Å². The van der Waals surface area contributed by atoms with E-state index in [0.717, 1.165) is 32.8 Å². The van der Waals surface area contributed by atoms with Crippen molar-refractivity contribution in [1.29, 1.82) is 0 Å². The second-order valence-electron chi connectivity index (χ2n) is 9.74. The van der Waals surface area contributed by atoms with E-state index >= 15 is 0 Å². The molecule has 0 saturated carbocycles. The fourth-order valence-electron chi connectivity index (χ4n) is 4.97. The third-order valence-electron chi connectivity index (χ3n) is 7.09. The highest BCUT2D eigenvalue weighted by atomic mass is 16.6. The van der Waals surface area contributed by atoms with Crippen molar-refractivity contribution in [3.8, 4) is 5.75 Å². The van der Waals surface area contributed by atoms with Crippen LogP contribution in [0.5, 0.6) is 5.75 Å². The van der Waals surface area contributed by atoms with E-state index in [0.29, 0.717) is 16.5 Å². The van der Waals surface area contributed by atoms with Crippen LogP contribution in [0.15, 0.2) is 106 Å². The van der Waals surface area contributed by atoms with Crippen molar-refractivity contribution in [1.82, 2.24) is 10.3 Å². The van der Waals surface area contributed by atoms with E-state index in [2.05, 4.69) is 10.3 Å². The summed E-state index contributed by atoms with van der Waals surface area (Å²) in [6, 6.07) is 26.5. The Morgan fingerprint density at radius 1 is 0.854 bits per heavy atom. The number of hydrogen-bond acceptors (Lipinski definition) is 6. The van der Waals surface area contributed by atoms with E-state index < -0.39 is 23.7 Å². The minimum atomic E-state index is -1.06. The maximum Gasteiger partial charge on any atom is 0.408 e. The van der Waals surface area contributed by atoms with Gasteiger partial charge in [0.25, 0.3) is 0 Å². The molecule has 41 heavy (non-hydrogen) atoms. The number of para-hydroxylation sites is 1. The monoisotopic (exact) mass is 546 g/mol. The fraction of sp³-hybridized carbons (Fsp3) is 0.121. The van der Waals surface area contributed by atoms with Gasteiger partial charge < -0.3 is 24.2 Å². The van der Waals surface area contributed by atoms with Crippen molar-refractivity contribution in [3.05, 3.63) is 124 Å². The van der Waals surface area contributed by atoms with Crippen LogP contribution >= 0.6 is 0 Å². The maximum atomic E-state index is 13.6. The minimum Gasteiger partial charge on any atom is -0.445 e. The zero-order valence-corrected chi connectivity index (χ0v) is 22.2. The number of hydrogen-bond donors (Lipinski definition) is 2. The summed E-state index contributed by atoms with van der Waals surface area (Å²) < 4.78 is 16.8. The molecule has 6 rings (SSSR count).